The fourth-order valence-electron chi connectivity index (χ4n) is 11.2. The summed E-state index contributed by atoms with van der Waals surface area (Å²) in [5.41, 5.74) is 4.01. The molecule has 2 aromatic rings. The van der Waals surface area contributed by atoms with Crippen molar-refractivity contribution in [3.8, 4) is 5.75 Å². The van der Waals surface area contributed by atoms with Gasteiger partial charge in [0.05, 0.1) is 51.3 Å². The van der Waals surface area contributed by atoms with Crippen LogP contribution in [0.25, 0.3) is 0 Å². The zero-order chi connectivity index (χ0) is 45.9. The van der Waals surface area contributed by atoms with Gasteiger partial charge in [-0.3, -0.25) is 0 Å². The minimum absolute atomic E-state index is 0.0168. The second-order valence-electron chi connectivity index (χ2n) is 21.9. The van der Waals surface area contributed by atoms with Crippen molar-refractivity contribution >= 4 is 16.9 Å². The van der Waals surface area contributed by atoms with Crippen LogP contribution in [0.15, 0.2) is 54.6 Å². The first-order chi connectivity index (χ1) is 28.5. The van der Waals surface area contributed by atoms with Crippen LogP contribution in [0, 0.1) is 29.6 Å². The highest BCUT2D eigenvalue weighted by Crippen LogP contribution is 2.57. The van der Waals surface area contributed by atoms with Gasteiger partial charge in [-0.2, -0.15) is 0 Å². The van der Waals surface area contributed by atoms with Gasteiger partial charge in [0.2, 0.25) is 0 Å². The summed E-state index contributed by atoms with van der Waals surface area (Å²) >= 11 is 0. The van der Waals surface area contributed by atoms with Gasteiger partial charge in [-0.05, 0) is 71.0 Å². The van der Waals surface area contributed by atoms with Crippen LogP contribution in [0.1, 0.15) is 148 Å². The lowest BCUT2D eigenvalue weighted by Crippen LogP contribution is -2.67. The number of ether oxygens (including phenoxy) is 4. The topological polar surface area (TPSA) is 64.6 Å². The molecule has 0 unspecified atom stereocenters. The molecular weight excluding hydrogens is 793 g/mol. The molecular formula is C52H92O7Si2. The molecule has 0 spiro atoms. The normalized spacial score (nSPS) is 22.0. The van der Waals surface area contributed by atoms with Crippen molar-refractivity contribution in [3.05, 3.63) is 65.7 Å². The Morgan fingerprint density at radius 3 is 1.67 bits per heavy atom. The molecule has 1 saturated heterocycles. The van der Waals surface area contributed by atoms with E-state index in [0.29, 0.717) is 42.4 Å². The highest BCUT2D eigenvalue weighted by Gasteiger charge is 2.64. The van der Waals surface area contributed by atoms with E-state index in [2.05, 4.69) is 160 Å². The molecule has 61 heavy (non-hydrogen) atoms. The predicted octanol–water partition coefficient (Wildman–Crippen LogP) is 14.2. The Hall–Kier alpha value is -1.57. The summed E-state index contributed by atoms with van der Waals surface area (Å²) in [4.78, 5) is 0. The van der Waals surface area contributed by atoms with Gasteiger partial charge < -0.3 is 32.2 Å². The summed E-state index contributed by atoms with van der Waals surface area (Å²) in [5, 5.41) is -0.282. The highest BCUT2D eigenvalue weighted by molar-refractivity contribution is 6.77. The SMILES string of the molecule is COc1ccc(CO[C@@H](CC[C@H](C)[C@@H]2O[Si](C(C)(C)C)(C(C)(C)C)O[C@@H]([C@@H](C)COCc3ccccc3)[C@H]2C)[C@H](C)[C@H](OC)[C@H](C)CCO[Si](C(C)C)(C(C)C)C(C)C)cc1. The standard InChI is InChI=1S/C52H92O7Si2/c1-36(2)60(37(3)4,38(5)6)57-32-31-40(8)48(54-19)42(10)47(56-35-45-26-28-46(53-18)29-27-45)30-25-39(7)49-43(11)50(41(9)33-55-34-44-23-21-20-22-24-44)59-61(58-49,51(12,13)14)52(15,16)17/h20-24,26-29,36-43,47-50H,25,30-35H2,1-19H3/t39-,40+,41-,42-,43-,47-,48+,49-,50-/m0/s1. The Labute approximate surface area is 377 Å². The smallest absolute Gasteiger partial charge is 0.349 e. The number of methoxy groups -OCH3 is 2. The fourth-order valence-corrected chi connectivity index (χ4v) is 22.1. The highest BCUT2D eigenvalue weighted by atomic mass is 28.4. The van der Waals surface area contributed by atoms with Gasteiger partial charge in [-0.1, -0.05) is 160 Å². The second-order valence-corrected chi connectivity index (χ2v) is 32.0. The summed E-state index contributed by atoms with van der Waals surface area (Å²) in [7, 11) is -1.22. The lowest BCUT2D eigenvalue weighted by atomic mass is 9.80. The van der Waals surface area contributed by atoms with Gasteiger partial charge in [-0.15, -0.1) is 0 Å². The van der Waals surface area contributed by atoms with Crippen molar-refractivity contribution in [1.29, 1.82) is 0 Å². The number of hydrogen-bond donors (Lipinski definition) is 0. The monoisotopic (exact) mass is 885 g/mol. The molecule has 0 amide bonds. The van der Waals surface area contributed by atoms with E-state index in [1.165, 1.54) is 5.56 Å². The largest absolute Gasteiger partial charge is 0.497 e. The summed E-state index contributed by atoms with van der Waals surface area (Å²) < 4.78 is 47.3. The van der Waals surface area contributed by atoms with Crippen LogP contribution in [0.3, 0.4) is 0 Å². The van der Waals surface area contributed by atoms with E-state index in [1.807, 2.05) is 19.2 Å². The third kappa shape index (κ3) is 13.5. The maximum atomic E-state index is 7.59. The molecule has 2 aromatic carbocycles. The Kier molecular flexibility index (Phi) is 20.8. The van der Waals surface area contributed by atoms with E-state index < -0.39 is 16.9 Å². The van der Waals surface area contributed by atoms with Crippen LogP contribution in [-0.2, 0) is 40.7 Å². The zero-order valence-corrected chi connectivity index (χ0v) is 44.4. The average Bonchev–Trinajstić information content (AvgIpc) is 3.18. The summed E-state index contributed by atoms with van der Waals surface area (Å²) in [6.07, 6.45) is 2.90. The molecule has 0 N–H and O–H groups in total. The first-order valence-electron chi connectivity index (χ1n) is 23.9. The van der Waals surface area contributed by atoms with E-state index in [1.54, 1.807) is 7.11 Å². The Balaban J connectivity index is 1.89. The first kappa shape index (κ1) is 53.8. The third-order valence-corrected chi connectivity index (χ3v) is 25.6. The summed E-state index contributed by atoms with van der Waals surface area (Å²) in [6.45, 7) is 42.4. The molecule has 1 heterocycles. The lowest BCUT2D eigenvalue weighted by molar-refractivity contribution is -0.116. The van der Waals surface area contributed by atoms with Crippen LogP contribution in [-0.4, -0.2) is 68.7 Å². The molecule has 0 aliphatic carbocycles. The molecule has 0 aromatic heterocycles. The van der Waals surface area contributed by atoms with E-state index >= 15 is 0 Å². The van der Waals surface area contributed by atoms with Crippen molar-refractivity contribution in [2.75, 3.05) is 27.4 Å². The van der Waals surface area contributed by atoms with Crippen LogP contribution in [0.4, 0.5) is 0 Å². The van der Waals surface area contributed by atoms with Crippen LogP contribution in [0.2, 0.25) is 26.7 Å². The van der Waals surface area contributed by atoms with Gasteiger partial charge in [0.15, 0.2) is 8.32 Å². The van der Waals surface area contributed by atoms with E-state index in [0.717, 1.165) is 37.2 Å². The second kappa shape index (κ2) is 23.6. The minimum Gasteiger partial charge on any atom is -0.497 e. The molecule has 3 rings (SSSR count). The quantitative estimate of drug-likeness (QED) is 0.0973. The fraction of sp³-hybridized carbons (Fsp3) is 0.769. The first-order valence-corrected chi connectivity index (χ1v) is 27.8. The molecule has 7 nitrogen and oxygen atoms in total. The van der Waals surface area contributed by atoms with E-state index in [9.17, 15) is 0 Å². The lowest BCUT2D eigenvalue weighted by Gasteiger charge is -2.59. The molecule has 0 bridgehead atoms. The van der Waals surface area contributed by atoms with Crippen LogP contribution < -0.4 is 4.74 Å². The molecule has 9 heteroatoms. The Bertz CT molecular complexity index is 1480. The van der Waals surface area contributed by atoms with Gasteiger partial charge in [-0.25, -0.2) is 0 Å². The van der Waals surface area contributed by atoms with Gasteiger partial charge >= 0.3 is 8.56 Å². The molecule has 1 fully saturated rings. The van der Waals surface area contributed by atoms with Crippen molar-refractivity contribution in [2.45, 2.75) is 201 Å². The third-order valence-electron chi connectivity index (χ3n) is 14.3. The Morgan fingerprint density at radius 1 is 0.656 bits per heavy atom. The molecule has 1 aliphatic rings. The Morgan fingerprint density at radius 2 is 1.18 bits per heavy atom. The maximum absolute atomic E-state index is 7.59. The number of benzene rings is 2. The minimum atomic E-state index is -2.84. The summed E-state index contributed by atoms with van der Waals surface area (Å²) in [5.74, 6) is 1.99. The summed E-state index contributed by atoms with van der Waals surface area (Å²) in [6, 6.07) is 18.7. The zero-order valence-electron chi connectivity index (χ0n) is 42.4. The van der Waals surface area contributed by atoms with Crippen LogP contribution >= 0.6 is 0 Å². The van der Waals surface area contributed by atoms with E-state index in [-0.39, 0.29) is 58.2 Å². The molecule has 1 aliphatic heterocycles. The maximum Gasteiger partial charge on any atom is 0.349 e. The number of hydrogen-bond acceptors (Lipinski definition) is 7. The molecule has 350 valence electrons. The van der Waals surface area contributed by atoms with Crippen molar-refractivity contribution in [2.24, 2.45) is 29.6 Å². The van der Waals surface area contributed by atoms with Gasteiger partial charge in [0.25, 0.3) is 0 Å². The van der Waals surface area contributed by atoms with Crippen molar-refractivity contribution in [1.82, 2.24) is 0 Å². The number of rotatable bonds is 24. The van der Waals surface area contributed by atoms with Crippen molar-refractivity contribution in [3.63, 3.8) is 0 Å². The molecule has 0 saturated carbocycles. The average molecular weight is 885 g/mol. The van der Waals surface area contributed by atoms with E-state index in [4.69, 9.17) is 32.2 Å². The van der Waals surface area contributed by atoms with Gasteiger partial charge in [0, 0.05) is 41.5 Å². The van der Waals surface area contributed by atoms with Crippen molar-refractivity contribution < 1.29 is 32.2 Å². The molecule has 0 radical (unpaired) electrons. The van der Waals surface area contributed by atoms with Crippen LogP contribution in [0.5, 0.6) is 5.75 Å². The molecule has 9 atom stereocenters. The van der Waals surface area contributed by atoms with Gasteiger partial charge in [0.1, 0.15) is 5.75 Å². The predicted molar refractivity (Wildman–Crippen MR) is 260 cm³/mol.